The molecule has 1 aromatic heterocycles. The van der Waals surface area contributed by atoms with Gasteiger partial charge in [0.05, 0.1) is 12.0 Å². The fourth-order valence-electron chi connectivity index (χ4n) is 1.42. The van der Waals surface area contributed by atoms with E-state index < -0.39 is 17.8 Å². The Balaban J connectivity index is 2.62. The first-order chi connectivity index (χ1) is 8.32. The molecular formula is C12H18N2O3S. The van der Waals surface area contributed by atoms with Crippen LogP contribution in [0, 0.1) is 18.8 Å². The van der Waals surface area contributed by atoms with E-state index in [1.54, 1.807) is 13.1 Å². The molecule has 3 atom stereocenters. The van der Waals surface area contributed by atoms with Crippen molar-refractivity contribution >= 4 is 23.2 Å². The standard InChI is InChI=1S/C12H18N2O3S/c1-6-5-13-11(18-6)9(4)14-10(15)7(2)8(3)12(16)17/h5,7-9H,1-4H3,(H,14,15)(H,16,17). The second-order valence-corrected chi connectivity index (χ2v) is 5.72. The van der Waals surface area contributed by atoms with E-state index in [1.807, 2.05) is 13.8 Å². The number of nitrogens with zero attached hydrogens (tertiary/aromatic N) is 1. The Hall–Kier alpha value is -1.43. The molecule has 0 saturated carbocycles. The summed E-state index contributed by atoms with van der Waals surface area (Å²) < 4.78 is 0. The number of carboxylic acids is 1. The van der Waals surface area contributed by atoms with Crippen molar-refractivity contribution in [3.05, 3.63) is 16.1 Å². The molecule has 0 bridgehead atoms. The number of aryl methyl sites for hydroxylation is 1. The van der Waals surface area contributed by atoms with E-state index in [0.29, 0.717) is 0 Å². The zero-order valence-electron chi connectivity index (χ0n) is 10.9. The van der Waals surface area contributed by atoms with Crippen LogP contribution in [0.4, 0.5) is 0 Å². The lowest BCUT2D eigenvalue weighted by Gasteiger charge is -2.18. The Labute approximate surface area is 110 Å². The molecule has 0 fully saturated rings. The van der Waals surface area contributed by atoms with Crippen LogP contribution in [0.25, 0.3) is 0 Å². The Kier molecular flexibility index (Phi) is 4.84. The summed E-state index contributed by atoms with van der Waals surface area (Å²) in [5.41, 5.74) is 0. The minimum Gasteiger partial charge on any atom is -0.481 e. The fourth-order valence-corrected chi connectivity index (χ4v) is 2.20. The van der Waals surface area contributed by atoms with Gasteiger partial charge in [0.1, 0.15) is 5.01 Å². The van der Waals surface area contributed by atoms with E-state index in [1.165, 1.54) is 18.3 Å². The van der Waals surface area contributed by atoms with Crippen molar-refractivity contribution in [3.8, 4) is 0 Å². The van der Waals surface area contributed by atoms with Gasteiger partial charge in [-0.2, -0.15) is 0 Å². The van der Waals surface area contributed by atoms with E-state index in [-0.39, 0.29) is 11.9 Å². The van der Waals surface area contributed by atoms with Crippen molar-refractivity contribution in [2.75, 3.05) is 0 Å². The summed E-state index contributed by atoms with van der Waals surface area (Å²) in [5.74, 6) is -2.48. The van der Waals surface area contributed by atoms with E-state index in [0.717, 1.165) is 9.88 Å². The number of carboxylic acid groups (broad SMARTS) is 1. The molecule has 0 saturated heterocycles. The molecule has 3 unspecified atom stereocenters. The fraction of sp³-hybridized carbons (Fsp3) is 0.583. The number of aliphatic carboxylic acids is 1. The van der Waals surface area contributed by atoms with Crippen molar-refractivity contribution in [3.63, 3.8) is 0 Å². The quantitative estimate of drug-likeness (QED) is 0.857. The Bertz CT molecular complexity index is 444. The molecule has 0 aliphatic heterocycles. The third-order valence-corrected chi connectivity index (χ3v) is 4.02. The number of amides is 1. The Morgan fingerprint density at radius 1 is 1.33 bits per heavy atom. The topological polar surface area (TPSA) is 79.3 Å². The van der Waals surface area contributed by atoms with Gasteiger partial charge in [0.2, 0.25) is 5.91 Å². The molecule has 6 heteroatoms. The molecule has 18 heavy (non-hydrogen) atoms. The zero-order valence-corrected chi connectivity index (χ0v) is 11.7. The van der Waals surface area contributed by atoms with Crippen LogP contribution in [0.3, 0.4) is 0 Å². The SMILES string of the molecule is Cc1cnc(C(C)NC(=O)C(C)C(C)C(=O)O)s1. The molecular weight excluding hydrogens is 252 g/mol. The van der Waals surface area contributed by atoms with E-state index in [4.69, 9.17) is 5.11 Å². The summed E-state index contributed by atoms with van der Waals surface area (Å²) in [5, 5.41) is 12.5. The van der Waals surface area contributed by atoms with Gasteiger partial charge in [-0.25, -0.2) is 4.98 Å². The molecule has 0 radical (unpaired) electrons. The molecule has 1 aromatic rings. The summed E-state index contributed by atoms with van der Waals surface area (Å²) in [7, 11) is 0. The van der Waals surface area contributed by atoms with Gasteiger partial charge in [0.15, 0.2) is 0 Å². The van der Waals surface area contributed by atoms with Crippen LogP contribution < -0.4 is 5.32 Å². The molecule has 2 N–H and O–H groups in total. The first kappa shape index (κ1) is 14.6. The second-order valence-electron chi connectivity index (χ2n) is 4.46. The minimum absolute atomic E-state index is 0.195. The maximum atomic E-state index is 11.9. The van der Waals surface area contributed by atoms with Crippen LogP contribution in [0.15, 0.2) is 6.20 Å². The van der Waals surface area contributed by atoms with Crippen molar-refractivity contribution in [1.82, 2.24) is 10.3 Å². The van der Waals surface area contributed by atoms with Crippen molar-refractivity contribution in [1.29, 1.82) is 0 Å². The van der Waals surface area contributed by atoms with Gasteiger partial charge < -0.3 is 10.4 Å². The maximum absolute atomic E-state index is 11.9. The molecule has 1 amide bonds. The number of rotatable bonds is 5. The second kappa shape index (κ2) is 5.95. The molecule has 100 valence electrons. The number of thiazole rings is 1. The van der Waals surface area contributed by atoms with Crippen LogP contribution >= 0.6 is 11.3 Å². The molecule has 0 aliphatic carbocycles. The average molecular weight is 270 g/mol. The first-order valence-corrected chi connectivity index (χ1v) is 6.60. The number of carbonyl (C=O) groups is 2. The number of aromatic nitrogens is 1. The summed E-state index contributed by atoms with van der Waals surface area (Å²) >= 11 is 1.52. The highest BCUT2D eigenvalue weighted by molar-refractivity contribution is 7.11. The summed E-state index contributed by atoms with van der Waals surface area (Å²) in [6.45, 7) is 6.94. The van der Waals surface area contributed by atoms with Crippen LogP contribution in [0.1, 0.15) is 36.7 Å². The van der Waals surface area contributed by atoms with Gasteiger partial charge in [-0.05, 0) is 13.8 Å². The van der Waals surface area contributed by atoms with Gasteiger partial charge in [-0.15, -0.1) is 11.3 Å². The molecule has 1 rings (SSSR count). The van der Waals surface area contributed by atoms with Gasteiger partial charge >= 0.3 is 5.97 Å². The zero-order chi connectivity index (χ0) is 13.9. The average Bonchev–Trinajstić information content (AvgIpc) is 2.73. The van der Waals surface area contributed by atoms with Gasteiger partial charge in [-0.3, -0.25) is 9.59 Å². The van der Waals surface area contributed by atoms with Crippen molar-refractivity contribution in [2.24, 2.45) is 11.8 Å². The number of nitrogens with one attached hydrogen (secondary N) is 1. The number of carbonyl (C=O) groups excluding carboxylic acids is 1. The lowest BCUT2D eigenvalue weighted by molar-refractivity contribution is -0.146. The number of hydrogen-bond acceptors (Lipinski definition) is 4. The van der Waals surface area contributed by atoms with E-state index in [2.05, 4.69) is 10.3 Å². The van der Waals surface area contributed by atoms with Gasteiger partial charge in [0.25, 0.3) is 0 Å². The molecule has 0 spiro atoms. The lowest BCUT2D eigenvalue weighted by atomic mass is 9.95. The molecule has 0 aliphatic rings. The third-order valence-electron chi connectivity index (χ3n) is 2.92. The lowest BCUT2D eigenvalue weighted by Crippen LogP contribution is -2.36. The van der Waals surface area contributed by atoms with Crippen molar-refractivity contribution < 1.29 is 14.7 Å². The van der Waals surface area contributed by atoms with Crippen LogP contribution in [-0.2, 0) is 9.59 Å². The van der Waals surface area contributed by atoms with Crippen LogP contribution in [0.2, 0.25) is 0 Å². The highest BCUT2D eigenvalue weighted by Crippen LogP contribution is 2.20. The minimum atomic E-state index is -0.963. The highest BCUT2D eigenvalue weighted by atomic mass is 32.1. The van der Waals surface area contributed by atoms with Gasteiger partial charge in [-0.1, -0.05) is 13.8 Å². The summed E-state index contributed by atoms with van der Waals surface area (Å²) in [4.78, 5) is 28.0. The predicted molar refractivity (Wildman–Crippen MR) is 69.4 cm³/mol. The smallest absolute Gasteiger partial charge is 0.307 e. The Morgan fingerprint density at radius 2 is 1.94 bits per heavy atom. The van der Waals surface area contributed by atoms with E-state index in [9.17, 15) is 9.59 Å². The normalized spacial score (nSPS) is 15.8. The summed E-state index contributed by atoms with van der Waals surface area (Å²) in [6.07, 6.45) is 1.76. The highest BCUT2D eigenvalue weighted by Gasteiger charge is 2.27. The van der Waals surface area contributed by atoms with Crippen molar-refractivity contribution in [2.45, 2.75) is 33.7 Å². The third kappa shape index (κ3) is 3.53. The predicted octanol–water partition coefficient (Wildman–Crippen LogP) is 1.99. The van der Waals surface area contributed by atoms with Crippen LogP contribution in [-0.4, -0.2) is 22.0 Å². The molecule has 0 aromatic carbocycles. The monoisotopic (exact) mass is 270 g/mol. The largest absolute Gasteiger partial charge is 0.481 e. The molecule has 1 heterocycles. The van der Waals surface area contributed by atoms with Gasteiger partial charge in [0, 0.05) is 17.0 Å². The summed E-state index contributed by atoms with van der Waals surface area (Å²) in [6, 6.07) is -0.195. The molecule has 5 nitrogen and oxygen atoms in total. The van der Waals surface area contributed by atoms with Crippen LogP contribution in [0.5, 0.6) is 0 Å². The number of hydrogen-bond donors (Lipinski definition) is 2. The van der Waals surface area contributed by atoms with E-state index >= 15 is 0 Å². The first-order valence-electron chi connectivity index (χ1n) is 5.78. The maximum Gasteiger partial charge on any atom is 0.307 e. The Morgan fingerprint density at radius 3 is 2.39 bits per heavy atom.